The number of benzene rings is 1. The lowest BCUT2D eigenvalue weighted by molar-refractivity contribution is 0.281. The minimum absolute atomic E-state index is 0.116. The molecule has 0 atom stereocenters. The zero-order valence-electron chi connectivity index (χ0n) is 8.92. The van der Waals surface area contributed by atoms with Crippen molar-refractivity contribution in [3.05, 3.63) is 50.0 Å². The molecule has 2 rings (SSSR count). The van der Waals surface area contributed by atoms with Crippen molar-refractivity contribution in [1.82, 2.24) is 4.98 Å². The molecule has 1 aromatic carbocycles. The van der Waals surface area contributed by atoms with Crippen LogP contribution in [0.25, 0.3) is 11.3 Å². The van der Waals surface area contributed by atoms with Crippen LogP contribution in [0.1, 0.15) is 5.56 Å². The van der Waals surface area contributed by atoms with Gasteiger partial charge in [-0.3, -0.25) is 4.98 Å². The van der Waals surface area contributed by atoms with E-state index < -0.39 is 0 Å². The Labute approximate surface area is 124 Å². The molecule has 0 amide bonds. The maximum absolute atomic E-state index is 8.99. The van der Waals surface area contributed by atoms with Gasteiger partial charge in [-0.05, 0) is 23.8 Å². The van der Waals surface area contributed by atoms with Gasteiger partial charge in [0.1, 0.15) is 0 Å². The lowest BCUT2D eigenvalue weighted by atomic mass is 10.1. The Morgan fingerprint density at radius 2 is 1.56 bits per heavy atom. The summed E-state index contributed by atoms with van der Waals surface area (Å²) in [6.45, 7) is -0.116. The van der Waals surface area contributed by atoms with Gasteiger partial charge < -0.3 is 5.11 Å². The van der Waals surface area contributed by atoms with Crippen LogP contribution in [-0.4, -0.2) is 10.1 Å². The summed E-state index contributed by atoms with van der Waals surface area (Å²) >= 11 is 23.9. The first-order valence-corrected chi connectivity index (χ1v) is 6.44. The van der Waals surface area contributed by atoms with Crippen LogP contribution in [0, 0.1) is 0 Å². The Hall–Kier alpha value is -0.510. The van der Waals surface area contributed by atoms with Crippen molar-refractivity contribution in [3.8, 4) is 11.3 Å². The van der Waals surface area contributed by atoms with E-state index >= 15 is 0 Å². The minimum Gasteiger partial charge on any atom is -0.392 e. The molecule has 0 radical (unpaired) electrons. The summed E-state index contributed by atoms with van der Waals surface area (Å²) in [7, 11) is 0. The molecule has 94 valence electrons. The predicted molar refractivity (Wildman–Crippen MR) is 75.6 cm³/mol. The maximum Gasteiger partial charge on any atom is 0.0889 e. The molecule has 1 heterocycles. The molecule has 0 aliphatic rings. The minimum atomic E-state index is -0.116. The third kappa shape index (κ3) is 2.73. The van der Waals surface area contributed by atoms with E-state index in [4.69, 9.17) is 51.5 Å². The molecule has 0 bridgehead atoms. The van der Waals surface area contributed by atoms with Gasteiger partial charge in [0, 0.05) is 11.8 Å². The van der Waals surface area contributed by atoms with Crippen LogP contribution in [0.5, 0.6) is 0 Å². The van der Waals surface area contributed by atoms with Crippen LogP contribution in [0.15, 0.2) is 24.4 Å². The molecule has 18 heavy (non-hydrogen) atoms. The molecular weight excluding hydrogens is 316 g/mol. The average molecular weight is 323 g/mol. The first-order chi connectivity index (χ1) is 8.52. The van der Waals surface area contributed by atoms with Gasteiger partial charge in [-0.15, -0.1) is 0 Å². The van der Waals surface area contributed by atoms with E-state index in [1.165, 1.54) is 6.20 Å². The van der Waals surface area contributed by atoms with E-state index in [2.05, 4.69) is 4.98 Å². The second-order valence-electron chi connectivity index (χ2n) is 3.59. The molecular formula is C12H7Cl4NO. The molecule has 2 aromatic rings. The van der Waals surface area contributed by atoms with Gasteiger partial charge in [-0.2, -0.15) is 0 Å². The molecule has 1 aromatic heterocycles. The van der Waals surface area contributed by atoms with Crippen molar-refractivity contribution < 1.29 is 5.11 Å². The van der Waals surface area contributed by atoms with Crippen LogP contribution in [0.2, 0.25) is 20.1 Å². The van der Waals surface area contributed by atoms with E-state index in [0.29, 0.717) is 36.9 Å². The fourth-order valence-corrected chi connectivity index (χ4v) is 2.36. The second kappa shape index (κ2) is 5.64. The average Bonchev–Trinajstić information content (AvgIpc) is 2.35. The SMILES string of the molecule is OCc1cnc(-c2cc(Cl)c(Cl)c(Cl)c2)c(Cl)c1. The molecule has 0 unspecified atom stereocenters. The van der Waals surface area contributed by atoms with Crippen LogP contribution in [-0.2, 0) is 6.61 Å². The number of halogens is 4. The highest BCUT2D eigenvalue weighted by molar-refractivity contribution is 6.48. The summed E-state index contributed by atoms with van der Waals surface area (Å²) in [4.78, 5) is 4.18. The number of hydrogen-bond acceptors (Lipinski definition) is 2. The third-order valence-corrected chi connectivity index (χ3v) is 3.82. The van der Waals surface area contributed by atoms with Gasteiger partial charge >= 0.3 is 0 Å². The van der Waals surface area contributed by atoms with Gasteiger partial charge in [0.2, 0.25) is 0 Å². The first-order valence-electron chi connectivity index (χ1n) is 4.93. The first kappa shape index (κ1) is 13.9. The Balaban J connectivity index is 2.55. The summed E-state index contributed by atoms with van der Waals surface area (Å²) in [5, 5.41) is 10.4. The Kier molecular flexibility index (Phi) is 4.36. The quantitative estimate of drug-likeness (QED) is 0.801. The molecule has 0 fully saturated rings. The van der Waals surface area contributed by atoms with Crippen LogP contribution >= 0.6 is 46.4 Å². The molecule has 0 saturated heterocycles. The van der Waals surface area contributed by atoms with Crippen molar-refractivity contribution >= 4 is 46.4 Å². The number of nitrogens with zero attached hydrogens (tertiary/aromatic N) is 1. The lowest BCUT2D eigenvalue weighted by Gasteiger charge is -2.07. The largest absolute Gasteiger partial charge is 0.392 e. The molecule has 0 spiro atoms. The number of aliphatic hydroxyl groups excluding tert-OH is 1. The van der Waals surface area contributed by atoms with Gasteiger partial charge in [-0.25, -0.2) is 0 Å². The normalized spacial score (nSPS) is 10.7. The predicted octanol–water partition coefficient (Wildman–Crippen LogP) is 4.85. The summed E-state index contributed by atoms with van der Waals surface area (Å²) < 4.78 is 0. The number of aliphatic hydroxyl groups is 1. The van der Waals surface area contributed by atoms with Gasteiger partial charge in [0.05, 0.1) is 32.4 Å². The number of pyridine rings is 1. The third-order valence-electron chi connectivity index (χ3n) is 2.34. The Morgan fingerprint density at radius 3 is 2.06 bits per heavy atom. The summed E-state index contributed by atoms with van der Waals surface area (Å²) in [5.41, 5.74) is 1.84. The number of aromatic nitrogens is 1. The Morgan fingerprint density at radius 1 is 0.944 bits per heavy atom. The van der Waals surface area contributed by atoms with Gasteiger partial charge in [-0.1, -0.05) is 46.4 Å². The van der Waals surface area contributed by atoms with E-state index in [1.54, 1.807) is 18.2 Å². The monoisotopic (exact) mass is 321 g/mol. The van der Waals surface area contributed by atoms with Crippen LogP contribution in [0.3, 0.4) is 0 Å². The van der Waals surface area contributed by atoms with Gasteiger partial charge in [0.25, 0.3) is 0 Å². The molecule has 0 aliphatic carbocycles. The molecule has 2 nitrogen and oxygen atoms in total. The number of hydrogen-bond donors (Lipinski definition) is 1. The molecule has 6 heteroatoms. The van der Waals surface area contributed by atoms with Crippen molar-refractivity contribution in [1.29, 1.82) is 0 Å². The topological polar surface area (TPSA) is 33.1 Å². The summed E-state index contributed by atoms with van der Waals surface area (Å²) in [5.74, 6) is 0. The van der Waals surface area contributed by atoms with E-state index in [1.807, 2.05) is 0 Å². The van der Waals surface area contributed by atoms with E-state index in [0.717, 1.165) is 0 Å². The van der Waals surface area contributed by atoms with Crippen LogP contribution in [0.4, 0.5) is 0 Å². The van der Waals surface area contributed by atoms with E-state index in [-0.39, 0.29) is 6.61 Å². The summed E-state index contributed by atoms with van der Waals surface area (Å²) in [6, 6.07) is 4.92. The van der Waals surface area contributed by atoms with Gasteiger partial charge in [0.15, 0.2) is 0 Å². The highest BCUT2D eigenvalue weighted by Crippen LogP contribution is 2.36. The standard InChI is InChI=1S/C12H7Cl4NO/c13-8-2-7(3-9(14)11(8)16)12-10(15)1-6(5-18)4-17-12/h1-4,18H,5H2. The fraction of sp³-hybridized carbons (Fsp3) is 0.0833. The van der Waals surface area contributed by atoms with Crippen molar-refractivity contribution in [2.24, 2.45) is 0 Å². The summed E-state index contributed by atoms with van der Waals surface area (Å²) in [6.07, 6.45) is 1.54. The highest BCUT2D eigenvalue weighted by Gasteiger charge is 2.11. The highest BCUT2D eigenvalue weighted by atomic mass is 35.5. The molecule has 1 N–H and O–H groups in total. The molecule has 0 aliphatic heterocycles. The van der Waals surface area contributed by atoms with Crippen molar-refractivity contribution in [2.75, 3.05) is 0 Å². The van der Waals surface area contributed by atoms with Crippen LogP contribution < -0.4 is 0 Å². The fourth-order valence-electron chi connectivity index (χ4n) is 1.47. The lowest BCUT2D eigenvalue weighted by Crippen LogP contribution is -1.90. The maximum atomic E-state index is 8.99. The second-order valence-corrected chi connectivity index (χ2v) is 5.19. The van der Waals surface area contributed by atoms with Crippen molar-refractivity contribution in [3.63, 3.8) is 0 Å². The van der Waals surface area contributed by atoms with E-state index in [9.17, 15) is 0 Å². The zero-order chi connectivity index (χ0) is 13.3. The zero-order valence-corrected chi connectivity index (χ0v) is 11.9. The molecule has 0 saturated carbocycles. The Bertz CT molecular complexity index is 578. The number of rotatable bonds is 2. The smallest absolute Gasteiger partial charge is 0.0889 e. The van der Waals surface area contributed by atoms with Crippen molar-refractivity contribution in [2.45, 2.75) is 6.61 Å².